The maximum atomic E-state index is 13.3. The molecule has 0 radical (unpaired) electrons. The second kappa shape index (κ2) is 8.25. The summed E-state index contributed by atoms with van der Waals surface area (Å²) in [6.45, 7) is 14.1. The van der Waals surface area contributed by atoms with Crippen LogP contribution in [0, 0.1) is 0 Å². The molecule has 0 spiro atoms. The lowest BCUT2D eigenvalue weighted by Gasteiger charge is -2.31. The SMILES string of the molecule is CC(C)(C)OC(=O)c1c(O)ccc(C(C)(C)c2ccc(O)cc2)c1C(=O)OC(C)(C)C. The molecule has 0 bridgehead atoms. The van der Waals surface area contributed by atoms with Gasteiger partial charge in [0.2, 0.25) is 0 Å². The Morgan fingerprint density at radius 2 is 1.13 bits per heavy atom. The minimum absolute atomic E-state index is 0.0396. The van der Waals surface area contributed by atoms with E-state index in [1.165, 1.54) is 6.07 Å². The van der Waals surface area contributed by atoms with Gasteiger partial charge in [-0.25, -0.2) is 9.59 Å². The Kier molecular flexibility index (Phi) is 6.45. The smallest absolute Gasteiger partial charge is 0.343 e. The number of aromatic hydroxyl groups is 2. The normalized spacial score (nSPS) is 12.4. The minimum Gasteiger partial charge on any atom is -0.508 e. The van der Waals surface area contributed by atoms with Gasteiger partial charge in [-0.05, 0) is 70.9 Å². The Balaban J connectivity index is 2.79. The molecule has 0 aliphatic rings. The highest BCUT2D eigenvalue weighted by Gasteiger charge is 2.36. The van der Waals surface area contributed by atoms with Crippen LogP contribution in [-0.2, 0) is 14.9 Å². The van der Waals surface area contributed by atoms with Crippen molar-refractivity contribution in [2.45, 2.75) is 72.0 Å². The van der Waals surface area contributed by atoms with Crippen LogP contribution in [-0.4, -0.2) is 33.4 Å². The van der Waals surface area contributed by atoms with Crippen molar-refractivity contribution < 1.29 is 29.3 Å². The Bertz CT molecular complexity index is 973. The van der Waals surface area contributed by atoms with Crippen molar-refractivity contribution in [2.75, 3.05) is 0 Å². The molecule has 0 unspecified atom stereocenters. The highest BCUT2D eigenvalue weighted by molar-refractivity contribution is 6.06. The minimum atomic E-state index is -0.822. The summed E-state index contributed by atoms with van der Waals surface area (Å²) < 4.78 is 11.1. The number of benzene rings is 2. The Morgan fingerprint density at radius 3 is 1.58 bits per heavy atom. The molecule has 0 aliphatic heterocycles. The summed E-state index contributed by atoms with van der Waals surface area (Å²) in [5.41, 5.74) is -1.37. The topological polar surface area (TPSA) is 93.1 Å². The molecule has 2 aromatic carbocycles. The quantitative estimate of drug-likeness (QED) is 0.639. The zero-order valence-electron chi connectivity index (χ0n) is 19.5. The largest absolute Gasteiger partial charge is 0.508 e. The van der Waals surface area contributed by atoms with Gasteiger partial charge in [0.15, 0.2) is 0 Å². The highest BCUT2D eigenvalue weighted by atomic mass is 16.6. The summed E-state index contributed by atoms with van der Waals surface area (Å²) in [7, 11) is 0. The summed E-state index contributed by atoms with van der Waals surface area (Å²) in [5.74, 6) is -1.78. The summed E-state index contributed by atoms with van der Waals surface area (Å²) in [6.07, 6.45) is 0. The third-order valence-corrected chi connectivity index (χ3v) is 4.65. The van der Waals surface area contributed by atoms with Crippen LogP contribution in [0.25, 0.3) is 0 Å². The van der Waals surface area contributed by atoms with Crippen LogP contribution in [0.3, 0.4) is 0 Å². The number of ether oxygens (including phenoxy) is 2. The standard InChI is InChI=1S/C25H32O6/c1-23(2,3)30-21(28)19-17(25(7,8)15-9-11-16(26)12-10-15)13-14-18(27)20(19)22(29)31-24(4,5)6/h9-14,26-27H,1-8H3. The van der Waals surface area contributed by atoms with Gasteiger partial charge in [0, 0.05) is 5.41 Å². The molecule has 2 N–H and O–H groups in total. The van der Waals surface area contributed by atoms with Crippen molar-refractivity contribution in [3.05, 3.63) is 58.7 Å². The van der Waals surface area contributed by atoms with E-state index in [0.717, 1.165) is 5.56 Å². The van der Waals surface area contributed by atoms with E-state index in [0.29, 0.717) is 5.56 Å². The van der Waals surface area contributed by atoms with E-state index in [2.05, 4.69) is 0 Å². The van der Waals surface area contributed by atoms with Crippen LogP contribution >= 0.6 is 0 Å². The molecular weight excluding hydrogens is 396 g/mol. The van der Waals surface area contributed by atoms with Gasteiger partial charge in [-0.1, -0.05) is 32.0 Å². The fraction of sp³-hybridized carbons (Fsp3) is 0.440. The molecule has 6 heteroatoms. The Hall–Kier alpha value is -3.02. The first-order chi connectivity index (χ1) is 14.0. The van der Waals surface area contributed by atoms with Crippen molar-refractivity contribution in [1.82, 2.24) is 0 Å². The molecule has 0 aromatic heterocycles. The van der Waals surface area contributed by atoms with Crippen molar-refractivity contribution in [1.29, 1.82) is 0 Å². The average molecular weight is 429 g/mol. The third-order valence-electron chi connectivity index (χ3n) is 4.65. The molecule has 2 rings (SSSR count). The van der Waals surface area contributed by atoms with Gasteiger partial charge in [0.05, 0.1) is 5.56 Å². The number of phenolic OH excluding ortho intramolecular Hbond substituents is 2. The first-order valence-corrected chi connectivity index (χ1v) is 10.2. The van der Waals surface area contributed by atoms with E-state index in [1.807, 2.05) is 13.8 Å². The molecule has 0 atom stereocenters. The molecule has 6 nitrogen and oxygen atoms in total. The summed E-state index contributed by atoms with van der Waals surface area (Å²) in [4.78, 5) is 26.3. The third kappa shape index (κ3) is 5.78. The molecule has 168 valence electrons. The Labute approximate surface area is 183 Å². The monoisotopic (exact) mass is 428 g/mol. The number of hydrogen-bond donors (Lipinski definition) is 2. The number of carbonyl (C=O) groups excluding carboxylic acids is 2. The molecule has 0 amide bonds. The maximum absolute atomic E-state index is 13.3. The number of carbonyl (C=O) groups is 2. The Morgan fingerprint density at radius 1 is 0.677 bits per heavy atom. The first-order valence-electron chi connectivity index (χ1n) is 10.2. The predicted molar refractivity (Wildman–Crippen MR) is 119 cm³/mol. The number of esters is 2. The van der Waals surface area contributed by atoms with Crippen LogP contribution < -0.4 is 0 Å². The fourth-order valence-electron chi connectivity index (χ4n) is 3.22. The predicted octanol–water partition coefficient (Wildman–Crippen LogP) is 5.33. The lowest BCUT2D eigenvalue weighted by molar-refractivity contribution is 0.00142. The van der Waals surface area contributed by atoms with Gasteiger partial charge in [-0.2, -0.15) is 0 Å². The summed E-state index contributed by atoms with van der Waals surface area (Å²) in [5, 5.41) is 20.2. The molecule has 0 fully saturated rings. The van der Waals surface area contributed by atoms with Gasteiger partial charge < -0.3 is 19.7 Å². The zero-order valence-corrected chi connectivity index (χ0v) is 19.5. The number of phenols is 2. The second-order valence-electron chi connectivity index (χ2n) is 10.1. The van der Waals surface area contributed by atoms with Crippen LogP contribution in [0.5, 0.6) is 11.5 Å². The molecule has 0 aliphatic carbocycles. The summed E-state index contributed by atoms with van der Waals surface area (Å²) in [6, 6.07) is 9.58. The summed E-state index contributed by atoms with van der Waals surface area (Å²) >= 11 is 0. The van der Waals surface area contributed by atoms with Gasteiger partial charge in [-0.15, -0.1) is 0 Å². The van der Waals surface area contributed by atoms with Gasteiger partial charge in [-0.3, -0.25) is 0 Å². The lowest BCUT2D eigenvalue weighted by atomic mass is 9.75. The highest BCUT2D eigenvalue weighted by Crippen LogP contribution is 2.39. The number of rotatable bonds is 4. The van der Waals surface area contributed by atoms with Crippen LogP contribution in [0.1, 0.15) is 87.2 Å². The van der Waals surface area contributed by atoms with Crippen LogP contribution in [0.15, 0.2) is 36.4 Å². The second-order valence-corrected chi connectivity index (χ2v) is 10.1. The molecule has 31 heavy (non-hydrogen) atoms. The molecule has 0 saturated carbocycles. The van der Waals surface area contributed by atoms with E-state index in [9.17, 15) is 19.8 Å². The molecule has 2 aromatic rings. The van der Waals surface area contributed by atoms with E-state index in [4.69, 9.17) is 9.47 Å². The van der Waals surface area contributed by atoms with Gasteiger partial charge in [0.25, 0.3) is 0 Å². The van der Waals surface area contributed by atoms with Crippen molar-refractivity contribution in [3.63, 3.8) is 0 Å². The van der Waals surface area contributed by atoms with Crippen LogP contribution in [0.2, 0.25) is 0 Å². The average Bonchev–Trinajstić information content (AvgIpc) is 2.58. The van der Waals surface area contributed by atoms with Crippen molar-refractivity contribution in [3.8, 4) is 11.5 Å². The van der Waals surface area contributed by atoms with Gasteiger partial charge >= 0.3 is 11.9 Å². The van der Waals surface area contributed by atoms with Crippen molar-refractivity contribution >= 4 is 11.9 Å². The molecule has 0 heterocycles. The van der Waals surface area contributed by atoms with Gasteiger partial charge in [0.1, 0.15) is 28.3 Å². The molecule has 0 saturated heterocycles. The molecular formula is C25H32O6. The van der Waals surface area contributed by atoms with E-state index in [-0.39, 0.29) is 22.6 Å². The first kappa shape index (κ1) is 24.3. The van der Waals surface area contributed by atoms with E-state index in [1.54, 1.807) is 71.9 Å². The van der Waals surface area contributed by atoms with E-state index >= 15 is 0 Å². The van der Waals surface area contributed by atoms with Crippen LogP contribution in [0.4, 0.5) is 0 Å². The van der Waals surface area contributed by atoms with E-state index < -0.39 is 28.6 Å². The fourth-order valence-corrected chi connectivity index (χ4v) is 3.22. The van der Waals surface area contributed by atoms with Crippen molar-refractivity contribution in [2.24, 2.45) is 0 Å². The maximum Gasteiger partial charge on any atom is 0.343 e. The lowest BCUT2D eigenvalue weighted by Crippen LogP contribution is -2.31. The number of hydrogen-bond acceptors (Lipinski definition) is 6. The zero-order chi connectivity index (χ0) is 23.8.